The monoisotopic (exact) mass is 324 g/mol. The molecule has 0 radical (unpaired) electrons. The Kier molecular flexibility index (Phi) is 4.28. The average molecular weight is 325 g/mol. The van der Waals surface area contributed by atoms with Crippen molar-refractivity contribution in [2.24, 2.45) is 5.73 Å². The van der Waals surface area contributed by atoms with Crippen LogP contribution in [0.15, 0.2) is 29.1 Å². The lowest BCUT2D eigenvalue weighted by Crippen LogP contribution is -2.16. The zero-order valence-corrected chi connectivity index (χ0v) is 12.1. The highest BCUT2D eigenvalue weighted by Crippen LogP contribution is 2.27. The number of nitrogens with two attached hydrogens (primary N) is 1. The molecular weight excluding hydrogens is 312 g/mol. The third-order valence-corrected chi connectivity index (χ3v) is 2.96. The summed E-state index contributed by atoms with van der Waals surface area (Å²) in [6.45, 7) is 0. The van der Waals surface area contributed by atoms with E-state index in [9.17, 15) is 0 Å². The highest BCUT2D eigenvalue weighted by molar-refractivity contribution is 9.10. The first kappa shape index (κ1) is 13.7. The van der Waals surface area contributed by atoms with Gasteiger partial charge >= 0.3 is 0 Å². The van der Waals surface area contributed by atoms with Gasteiger partial charge in [0.15, 0.2) is 0 Å². The lowest BCUT2D eigenvalue weighted by atomic mass is 10.1. The van der Waals surface area contributed by atoms with Gasteiger partial charge in [0, 0.05) is 16.9 Å². The molecule has 0 saturated carbocycles. The average Bonchev–Trinajstić information content (AvgIpc) is 2.45. The zero-order valence-electron chi connectivity index (χ0n) is 10.5. The first-order valence-corrected chi connectivity index (χ1v) is 6.26. The van der Waals surface area contributed by atoms with Crippen LogP contribution in [0, 0.1) is 0 Å². The number of halogens is 1. The van der Waals surface area contributed by atoms with E-state index in [0.29, 0.717) is 17.5 Å². The predicted molar refractivity (Wildman–Crippen MR) is 73.1 cm³/mol. The minimum Gasteiger partial charge on any atom is -0.480 e. The molecule has 0 saturated heterocycles. The van der Waals surface area contributed by atoms with Gasteiger partial charge in [-0.15, -0.1) is 0 Å². The van der Waals surface area contributed by atoms with Gasteiger partial charge in [-0.25, -0.2) is 4.98 Å². The summed E-state index contributed by atoms with van der Waals surface area (Å²) in [7, 11) is 3.03. The summed E-state index contributed by atoms with van der Waals surface area (Å²) in [5.41, 5.74) is 7.51. The van der Waals surface area contributed by atoms with Crippen molar-refractivity contribution in [3.63, 3.8) is 0 Å². The Bertz CT molecular complexity index is 579. The highest BCUT2D eigenvalue weighted by atomic mass is 79.9. The van der Waals surface area contributed by atoms with Gasteiger partial charge < -0.3 is 15.2 Å². The Labute approximate surface area is 119 Å². The van der Waals surface area contributed by atoms with Gasteiger partial charge in [0.2, 0.25) is 11.8 Å². The largest absolute Gasteiger partial charge is 0.480 e. The van der Waals surface area contributed by atoms with E-state index in [1.807, 2.05) is 6.07 Å². The lowest BCUT2D eigenvalue weighted by Gasteiger charge is -2.14. The number of ether oxygens (including phenoxy) is 2. The molecule has 0 spiro atoms. The fourth-order valence-electron chi connectivity index (χ4n) is 1.58. The standard InChI is InChI=1S/C12H13BrN4O2/c1-18-9-6-16-11(12(17-9)19-2)10(14)7-3-8(13)5-15-4-7/h3-6,10H,14H2,1-2H3. The fourth-order valence-corrected chi connectivity index (χ4v) is 1.97. The molecule has 7 heteroatoms. The molecule has 1 atom stereocenters. The number of hydrogen-bond acceptors (Lipinski definition) is 6. The molecule has 19 heavy (non-hydrogen) atoms. The lowest BCUT2D eigenvalue weighted by molar-refractivity contribution is 0.355. The first-order chi connectivity index (χ1) is 9.15. The van der Waals surface area contributed by atoms with E-state index in [1.54, 1.807) is 12.4 Å². The SMILES string of the molecule is COc1cnc(C(N)c2cncc(Br)c2)c(OC)n1. The number of rotatable bonds is 4. The Morgan fingerprint density at radius 3 is 2.63 bits per heavy atom. The molecule has 0 aliphatic heterocycles. The molecule has 0 fully saturated rings. The quantitative estimate of drug-likeness (QED) is 0.921. The molecule has 0 bridgehead atoms. The first-order valence-electron chi connectivity index (χ1n) is 5.46. The van der Waals surface area contributed by atoms with Crippen LogP contribution in [-0.4, -0.2) is 29.2 Å². The Morgan fingerprint density at radius 1 is 1.21 bits per heavy atom. The minimum atomic E-state index is -0.474. The topological polar surface area (TPSA) is 83.2 Å². The van der Waals surface area contributed by atoms with Crippen molar-refractivity contribution in [3.8, 4) is 11.8 Å². The summed E-state index contributed by atoms with van der Waals surface area (Å²) in [5.74, 6) is 0.715. The molecule has 2 N–H and O–H groups in total. The molecule has 0 amide bonds. The van der Waals surface area contributed by atoms with Gasteiger partial charge in [0.05, 0.1) is 26.5 Å². The maximum atomic E-state index is 6.17. The normalized spacial score (nSPS) is 12.0. The zero-order chi connectivity index (χ0) is 13.8. The third kappa shape index (κ3) is 2.99. The van der Waals surface area contributed by atoms with Gasteiger partial charge in [0.1, 0.15) is 5.69 Å². The molecule has 0 aliphatic carbocycles. The molecule has 6 nitrogen and oxygen atoms in total. The number of aromatic nitrogens is 3. The summed E-state index contributed by atoms with van der Waals surface area (Å²) in [5, 5.41) is 0. The van der Waals surface area contributed by atoms with E-state index >= 15 is 0 Å². The summed E-state index contributed by atoms with van der Waals surface area (Å²) in [4.78, 5) is 12.5. The molecule has 0 aromatic carbocycles. The van der Waals surface area contributed by atoms with Crippen LogP contribution in [0.3, 0.4) is 0 Å². The van der Waals surface area contributed by atoms with Crippen LogP contribution in [0.2, 0.25) is 0 Å². The van der Waals surface area contributed by atoms with E-state index in [0.717, 1.165) is 10.0 Å². The van der Waals surface area contributed by atoms with Gasteiger partial charge in [-0.2, -0.15) is 4.98 Å². The van der Waals surface area contributed by atoms with E-state index in [1.165, 1.54) is 20.4 Å². The van der Waals surface area contributed by atoms with Crippen molar-refractivity contribution in [3.05, 3.63) is 40.4 Å². The van der Waals surface area contributed by atoms with Crippen LogP contribution >= 0.6 is 15.9 Å². The van der Waals surface area contributed by atoms with Gasteiger partial charge in [-0.3, -0.25) is 4.98 Å². The molecule has 2 aromatic rings. The molecule has 2 rings (SSSR count). The van der Waals surface area contributed by atoms with Crippen molar-refractivity contribution in [2.45, 2.75) is 6.04 Å². The van der Waals surface area contributed by atoms with Crippen molar-refractivity contribution < 1.29 is 9.47 Å². The molecule has 1 unspecified atom stereocenters. The summed E-state index contributed by atoms with van der Waals surface area (Å²) in [6, 6.07) is 1.40. The van der Waals surface area contributed by atoms with Crippen molar-refractivity contribution in [1.82, 2.24) is 15.0 Å². The van der Waals surface area contributed by atoms with Crippen LogP contribution in [0.1, 0.15) is 17.3 Å². The second-order valence-corrected chi connectivity index (χ2v) is 4.64. The van der Waals surface area contributed by atoms with Gasteiger partial charge in [0.25, 0.3) is 0 Å². The second kappa shape index (κ2) is 5.94. The molecule has 2 heterocycles. The summed E-state index contributed by atoms with van der Waals surface area (Å²) < 4.78 is 11.0. The Hall–Kier alpha value is -1.73. The van der Waals surface area contributed by atoms with E-state index in [4.69, 9.17) is 15.2 Å². The van der Waals surface area contributed by atoms with E-state index < -0.39 is 6.04 Å². The maximum absolute atomic E-state index is 6.17. The maximum Gasteiger partial charge on any atom is 0.240 e. The molecule has 2 aromatic heterocycles. The van der Waals surface area contributed by atoms with Crippen molar-refractivity contribution in [1.29, 1.82) is 0 Å². The number of pyridine rings is 1. The smallest absolute Gasteiger partial charge is 0.240 e. The van der Waals surface area contributed by atoms with Gasteiger partial charge in [-0.05, 0) is 27.6 Å². The third-order valence-electron chi connectivity index (χ3n) is 2.53. The Morgan fingerprint density at radius 2 is 2.00 bits per heavy atom. The van der Waals surface area contributed by atoms with Crippen LogP contribution in [0.5, 0.6) is 11.8 Å². The van der Waals surface area contributed by atoms with Crippen molar-refractivity contribution >= 4 is 15.9 Å². The van der Waals surface area contributed by atoms with Crippen LogP contribution < -0.4 is 15.2 Å². The predicted octanol–water partition coefficient (Wildman–Crippen LogP) is 1.70. The second-order valence-electron chi connectivity index (χ2n) is 3.72. The minimum absolute atomic E-state index is 0.340. The summed E-state index contributed by atoms with van der Waals surface area (Å²) in [6.07, 6.45) is 4.87. The fraction of sp³-hybridized carbons (Fsp3) is 0.250. The van der Waals surface area contributed by atoms with Crippen LogP contribution in [-0.2, 0) is 0 Å². The van der Waals surface area contributed by atoms with E-state index in [-0.39, 0.29) is 0 Å². The number of hydrogen-bond donors (Lipinski definition) is 1. The van der Waals surface area contributed by atoms with Crippen LogP contribution in [0.25, 0.3) is 0 Å². The summed E-state index contributed by atoms with van der Waals surface area (Å²) >= 11 is 3.36. The molecule has 0 aliphatic rings. The Balaban J connectivity index is 2.40. The highest BCUT2D eigenvalue weighted by Gasteiger charge is 2.18. The van der Waals surface area contributed by atoms with E-state index in [2.05, 4.69) is 30.9 Å². The molecule has 100 valence electrons. The van der Waals surface area contributed by atoms with Gasteiger partial charge in [-0.1, -0.05) is 0 Å². The van der Waals surface area contributed by atoms with Crippen molar-refractivity contribution in [2.75, 3.05) is 14.2 Å². The number of nitrogens with zero attached hydrogens (tertiary/aromatic N) is 3. The van der Waals surface area contributed by atoms with Crippen LogP contribution in [0.4, 0.5) is 0 Å². The molecular formula is C12H13BrN4O2. The number of methoxy groups -OCH3 is 2.